The average molecular weight is 495 g/mol. The quantitative estimate of drug-likeness (QED) is 0.272. The van der Waals surface area contributed by atoms with Crippen LogP contribution in [0.3, 0.4) is 0 Å². The predicted octanol–water partition coefficient (Wildman–Crippen LogP) is 9.88. The fourth-order valence-corrected chi connectivity index (χ4v) is 7.44. The smallest absolute Gasteiger partial charge is 0.294 e. The van der Waals surface area contributed by atoms with Gasteiger partial charge in [0.25, 0.3) is 0 Å². The molecule has 1 aromatic rings. The van der Waals surface area contributed by atoms with Crippen LogP contribution in [0.5, 0.6) is 0 Å². The summed E-state index contributed by atoms with van der Waals surface area (Å²) in [5.74, 6) is 0.378. The normalized spacial score (nSPS) is 28.7. The first-order chi connectivity index (χ1) is 16.8. The van der Waals surface area contributed by atoms with E-state index in [4.69, 9.17) is 0 Å². The van der Waals surface area contributed by atoms with Gasteiger partial charge in [0.2, 0.25) is 0 Å². The summed E-state index contributed by atoms with van der Waals surface area (Å²) < 4.78 is 57.4. The zero-order valence-corrected chi connectivity index (χ0v) is 21.3. The number of hydrogen-bond donors (Lipinski definition) is 0. The molecule has 0 unspecified atom stereocenters. The van der Waals surface area contributed by atoms with Crippen LogP contribution in [0.25, 0.3) is 0 Å². The SMILES string of the molecule is CCCC1CCC(C2CCC(c3ccc(C(=O)CC4CCCCC4)c(C(F)(F)F)c3F)CC2)CC1. The lowest BCUT2D eigenvalue weighted by Crippen LogP contribution is -2.26. The second-order valence-corrected chi connectivity index (χ2v) is 11.7. The van der Waals surface area contributed by atoms with Crippen molar-refractivity contribution in [2.24, 2.45) is 23.7 Å². The number of carbonyl (C=O) groups excluding carboxylic acids is 1. The van der Waals surface area contributed by atoms with Crippen molar-refractivity contribution in [1.82, 2.24) is 0 Å². The van der Waals surface area contributed by atoms with Crippen LogP contribution < -0.4 is 0 Å². The Morgan fingerprint density at radius 2 is 1.43 bits per heavy atom. The molecule has 3 aliphatic rings. The fraction of sp³-hybridized carbons (Fsp3) is 0.767. The van der Waals surface area contributed by atoms with Crippen LogP contribution in [0.15, 0.2) is 12.1 Å². The fourth-order valence-electron chi connectivity index (χ4n) is 7.44. The largest absolute Gasteiger partial charge is 0.419 e. The third kappa shape index (κ3) is 6.49. The van der Waals surface area contributed by atoms with E-state index in [1.807, 2.05) is 0 Å². The highest BCUT2D eigenvalue weighted by Gasteiger charge is 2.41. The third-order valence-corrected chi connectivity index (χ3v) is 9.42. The number of Topliss-reactive ketones (excluding diaryl/α,β-unsaturated/α-hetero) is 1. The van der Waals surface area contributed by atoms with E-state index in [1.54, 1.807) is 0 Å². The molecule has 0 aromatic heterocycles. The van der Waals surface area contributed by atoms with Crippen LogP contribution in [0, 0.1) is 29.5 Å². The van der Waals surface area contributed by atoms with Crippen LogP contribution in [0.1, 0.15) is 137 Å². The van der Waals surface area contributed by atoms with E-state index in [9.17, 15) is 18.0 Å². The molecule has 196 valence electrons. The van der Waals surface area contributed by atoms with Gasteiger partial charge in [-0.3, -0.25) is 4.79 Å². The van der Waals surface area contributed by atoms with Gasteiger partial charge in [-0.15, -0.1) is 0 Å². The molecule has 1 nitrogen and oxygen atoms in total. The van der Waals surface area contributed by atoms with Crippen LogP contribution in [0.2, 0.25) is 0 Å². The molecule has 3 fully saturated rings. The van der Waals surface area contributed by atoms with Crippen LogP contribution in [-0.2, 0) is 6.18 Å². The molecule has 0 aliphatic heterocycles. The van der Waals surface area contributed by atoms with Gasteiger partial charge >= 0.3 is 6.18 Å². The molecule has 5 heteroatoms. The maximum atomic E-state index is 15.4. The van der Waals surface area contributed by atoms with Crippen LogP contribution >= 0.6 is 0 Å². The molecule has 0 radical (unpaired) electrons. The lowest BCUT2D eigenvalue weighted by molar-refractivity contribution is -0.140. The Labute approximate surface area is 208 Å². The number of benzene rings is 1. The van der Waals surface area contributed by atoms with Crippen LogP contribution in [-0.4, -0.2) is 5.78 Å². The molecule has 0 N–H and O–H groups in total. The Kier molecular flexibility index (Phi) is 8.97. The van der Waals surface area contributed by atoms with Gasteiger partial charge in [-0.2, -0.15) is 13.2 Å². The van der Waals surface area contributed by atoms with Gasteiger partial charge in [0.15, 0.2) is 5.78 Å². The summed E-state index contributed by atoms with van der Waals surface area (Å²) in [6, 6.07) is 2.76. The second kappa shape index (κ2) is 11.8. The van der Waals surface area contributed by atoms with Gasteiger partial charge in [0.05, 0.1) is 0 Å². The topological polar surface area (TPSA) is 17.1 Å². The molecule has 1 aromatic carbocycles. The summed E-state index contributed by atoms with van der Waals surface area (Å²) in [5, 5.41) is 0. The van der Waals surface area contributed by atoms with Gasteiger partial charge in [0.1, 0.15) is 11.4 Å². The van der Waals surface area contributed by atoms with Gasteiger partial charge in [-0.1, -0.05) is 76.8 Å². The zero-order valence-electron chi connectivity index (χ0n) is 21.3. The first kappa shape index (κ1) is 26.7. The van der Waals surface area contributed by atoms with Crippen LogP contribution in [0.4, 0.5) is 17.6 Å². The molecule has 35 heavy (non-hydrogen) atoms. The molecule has 3 aliphatic carbocycles. The highest BCUT2D eigenvalue weighted by molar-refractivity contribution is 5.98. The molecule has 0 amide bonds. The highest BCUT2D eigenvalue weighted by atomic mass is 19.4. The van der Waals surface area contributed by atoms with Crippen molar-refractivity contribution in [1.29, 1.82) is 0 Å². The molecular formula is C30H42F4O. The number of alkyl halides is 3. The van der Waals surface area contributed by atoms with E-state index in [1.165, 1.54) is 50.7 Å². The van der Waals surface area contributed by atoms with E-state index in [0.29, 0.717) is 5.92 Å². The molecule has 3 saturated carbocycles. The zero-order chi connectivity index (χ0) is 25.0. The van der Waals surface area contributed by atoms with Crippen molar-refractivity contribution in [3.8, 4) is 0 Å². The number of halogens is 4. The van der Waals surface area contributed by atoms with Gasteiger partial charge < -0.3 is 0 Å². The van der Waals surface area contributed by atoms with E-state index >= 15 is 4.39 Å². The summed E-state index contributed by atoms with van der Waals surface area (Å²) in [7, 11) is 0. The second-order valence-electron chi connectivity index (χ2n) is 11.7. The lowest BCUT2D eigenvalue weighted by atomic mass is 9.68. The van der Waals surface area contributed by atoms with E-state index in [2.05, 4.69) is 6.92 Å². The summed E-state index contributed by atoms with van der Waals surface area (Å²) in [4.78, 5) is 12.8. The Bertz CT molecular complexity index is 839. The minimum atomic E-state index is -4.87. The first-order valence-corrected chi connectivity index (χ1v) is 14.2. The lowest BCUT2D eigenvalue weighted by Gasteiger charge is -2.38. The number of rotatable bonds is 7. The van der Waals surface area contributed by atoms with E-state index < -0.39 is 28.9 Å². The van der Waals surface area contributed by atoms with Gasteiger partial charge in [-0.05, 0) is 73.7 Å². The Hall–Kier alpha value is -1.39. The Morgan fingerprint density at radius 1 is 0.829 bits per heavy atom. The molecule has 0 saturated heterocycles. The highest BCUT2D eigenvalue weighted by Crippen LogP contribution is 2.46. The first-order valence-electron chi connectivity index (χ1n) is 14.2. The van der Waals surface area contributed by atoms with Gasteiger partial charge in [0, 0.05) is 12.0 Å². The summed E-state index contributed by atoms with van der Waals surface area (Å²) in [6.45, 7) is 2.25. The third-order valence-electron chi connectivity index (χ3n) is 9.42. The van der Waals surface area contributed by atoms with Crippen molar-refractivity contribution in [3.05, 3.63) is 34.6 Å². The number of ketones is 1. The van der Waals surface area contributed by atoms with E-state index in [0.717, 1.165) is 69.6 Å². The van der Waals surface area contributed by atoms with Crippen molar-refractivity contribution in [3.63, 3.8) is 0 Å². The maximum Gasteiger partial charge on any atom is 0.419 e. The van der Waals surface area contributed by atoms with Crippen molar-refractivity contribution in [2.45, 2.75) is 122 Å². The Balaban J connectivity index is 1.43. The monoisotopic (exact) mass is 494 g/mol. The summed E-state index contributed by atoms with van der Waals surface area (Å²) in [6.07, 6.45) is 11.2. The van der Waals surface area contributed by atoms with Crippen molar-refractivity contribution >= 4 is 5.78 Å². The molecule has 0 heterocycles. The summed E-state index contributed by atoms with van der Waals surface area (Å²) >= 11 is 0. The standard InChI is InChI=1S/C30H42F4O/c1-2-6-20-9-11-22(12-10-20)23-13-15-24(16-14-23)25-17-18-26(28(29(25)31)30(32,33)34)27(35)19-21-7-4-3-5-8-21/h17-18,20-24H,2-16,19H2,1H3. The van der Waals surface area contributed by atoms with Gasteiger partial charge in [-0.25, -0.2) is 4.39 Å². The van der Waals surface area contributed by atoms with Crippen molar-refractivity contribution in [2.75, 3.05) is 0 Å². The predicted molar refractivity (Wildman–Crippen MR) is 132 cm³/mol. The molecule has 4 rings (SSSR count). The minimum Gasteiger partial charge on any atom is -0.294 e. The molecule has 0 spiro atoms. The van der Waals surface area contributed by atoms with E-state index in [-0.39, 0.29) is 23.8 Å². The molecule has 0 bridgehead atoms. The molecule has 0 atom stereocenters. The maximum absolute atomic E-state index is 15.4. The Morgan fingerprint density at radius 3 is 2.00 bits per heavy atom. The number of hydrogen-bond acceptors (Lipinski definition) is 1. The summed E-state index contributed by atoms with van der Waals surface area (Å²) in [5.41, 5.74) is -1.63. The number of carbonyl (C=O) groups is 1. The average Bonchev–Trinajstić information content (AvgIpc) is 2.84. The minimum absolute atomic E-state index is 0.0908. The van der Waals surface area contributed by atoms with Crippen molar-refractivity contribution < 1.29 is 22.4 Å². The molecular weight excluding hydrogens is 452 g/mol.